The van der Waals surface area contributed by atoms with Crippen molar-refractivity contribution in [1.82, 2.24) is 20.1 Å². The molecule has 128 valence electrons. The summed E-state index contributed by atoms with van der Waals surface area (Å²) < 4.78 is 1.87. The van der Waals surface area contributed by atoms with Crippen LogP contribution in [0.3, 0.4) is 0 Å². The minimum Gasteiger partial charge on any atom is -0.367 e. The highest BCUT2D eigenvalue weighted by molar-refractivity contribution is 6.30. The van der Waals surface area contributed by atoms with Crippen LogP contribution in [-0.4, -0.2) is 33.9 Å². The lowest BCUT2D eigenvalue weighted by atomic mass is 10.3. The number of rotatable bonds is 6. The number of nitrogens with one attached hydrogen (secondary N) is 3. The molecular weight excluding hydrogens is 340 g/mol. The molecule has 0 radical (unpaired) electrons. The smallest absolute Gasteiger partial charge is 0.319 e. The zero-order valence-electron chi connectivity index (χ0n) is 13.3. The Hall–Kier alpha value is -3.06. The van der Waals surface area contributed by atoms with Gasteiger partial charge in [0.05, 0.1) is 0 Å². The van der Waals surface area contributed by atoms with E-state index in [1.165, 1.54) is 0 Å². The van der Waals surface area contributed by atoms with Crippen molar-refractivity contribution in [3.8, 4) is 5.82 Å². The summed E-state index contributed by atoms with van der Waals surface area (Å²) in [6.45, 7) is 0.978. The van der Waals surface area contributed by atoms with Crippen molar-refractivity contribution in [3.63, 3.8) is 0 Å². The van der Waals surface area contributed by atoms with E-state index in [2.05, 4.69) is 26.1 Å². The molecule has 0 saturated carbocycles. The Labute approximate surface area is 150 Å². The normalized spacial score (nSPS) is 10.3. The molecule has 3 N–H and O–H groups in total. The maximum absolute atomic E-state index is 11.8. The van der Waals surface area contributed by atoms with Gasteiger partial charge >= 0.3 is 6.03 Å². The third-order valence-electron chi connectivity index (χ3n) is 3.34. The predicted molar refractivity (Wildman–Crippen MR) is 98.3 cm³/mol. The summed E-state index contributed by atoms with van der Waals surface area (Å²) in [7, 11) is 0. The molecule has 3 rings (SSSR count). The number of carbonyl (C=O) groups is 1. The minimum absolute atomic E-state index is 0.279. The van der Waals surface area contributed by atoms with E-state index in [1.807, 2.05) is 41.2 Å². The van der Waals surface area contributed by atoms with Gasteiger partial charge in [-0.3, -0.25) is 0 Å². The average Bonchev–Trinajstić information content (AvgIpc) is 3.16. The van der Waals surface area contributed by atoms with Crippen molar-refractivity contribution in [2.45, 2.75) is 0 Å². The summed E-state index contributed by atoms with van der Waals surface area (Å²) >= 11 is 5.80. The monoisotopic (exact) mass is 356 g/mol. The first kappa shape index (κ1) is 16.8. The Morgan fingerprint density at radius 2 is 1.76 bits per heavy atom. The quantitative estimate of drug-likeness (QED) is 0.592. The summed E-state index contributed by atoms with van der Waals surface area (Å²) in [5.74, 6) is 1.40. The SMILES string of the molecule is O=C(NCCNc1ccc(-n2cccc2)nn1)Nc1ccc(Cl)cc1. The molecule has 1 aromatic carbocycles. The molecule has 8 heteroatoms. The topological polar surface area (TPSA) is 83.9 Å². The highest BCUT2D eigenvalue weighted by Crippen LogP contribution is 2.13. The van der Waals surface area contributed by atoms with E-state index in [1.54, 1.807) is 24.3 Å². The fraction of sp³-hybridized carbons (Fsp3) is 0.118. The van der Waals surface area contributed by atoms with Crippen LogP contribution >= 0.6 is 11.6 Å². The lowest BCUT2D eigenvalue weighted by Gasteiger charge is -2.09. The van der Waals surface area contributed by atoms with Gasteiger partial charge in [-0.2, -0.15) is 0 Å². The van der Waals surface area contributed by atoms with Gasteiger partial charge < -0.3 is 20.5 Å². The second-order valence-corrected chi connectivity index (χ2v) is 5.62. The van der Waals surface area contributed by atoms with Gasteiger partial charge in [0.25, 0.3) is 0 Å². The Balaban J connectivity index is 1.39. The summed E-state index contributed by atoms with van der Waals surface area (Å²) in [5, 5.41) is 17.4. The average molecular weight is 357 g/mol. The molecule has 2 heterocycles. The molecule has 0 aliphatic heterocycles. The van der Waals surface area contributed by atoms with E-state index in [-0.39, 0.29) is 6.03 Å². The fourth-order valence-corrected chi connectivity index (χ4v) is 2.25. The van der Waals surface area contributed by atoms with E-state index in [4.69, 9.17) is 11.6 Å². The standard InChI is InChI=1S/C17H17ClN6O/c18-13-3-5-14(6-4-13)21-17(25)20-10-9-19-15-7-8-16(23-22-15)24-11-1-2-12-24/h1-8,11-12H,9-10H2,(H,19,22)(H2,20,21,25). The van der Waals surface area contributed by atoms with E-state index < -0.39 is 0 Å². The third kappa shape index (κ3) is 4.95. The summed E-state index contributed by atoms with van der Waals surface area (Å²) in [4.78, 5) is 11.8. The third-order valence-corrected chi connectivity index (χ3v) is 3.59. The van der Waals surface area contributed by atoms with Gasteiger partial charge in [0.15, 0.2) is 5.82 Å². The fourth-order valence-electron chi connectivity index (χ4n) is 2.12. The van der Waals surface area contributed by atoms with Crippen LogP contribution in [0.25, 0.3) is 5.82 Å². The van der Waals surface area contributed by atoms with Gasteiger partial charge in [-0.05, 0) is 48.5 Å². The van der Waals surface area contributed by atoms with Gasteiger partial charge in [0, 0.05) is 36.2 Å². The highest BCUT2D eigenvalue weighted by Gasteiger charge is 2.02. The summed E-state index contributed by atoms with van der Waals surface area (Å²) in [6.07, 6.45) is 3.81. The molecule has 0 atom stereocenters. The van der Waals surface area contributed by atoms with Crippen LogP contribution in [0.4, 0.5) is 16.3 Å². The van der Waals surface area contributed by atoms with Gasteiger partial charge in [0.2, 0.25) is 0 Å². The Morgan fingerprint density at radius 3 is 2.44 bits per heavy atom. The van der Waals surface area contributed by atoms with Crippen LogP contribution in [0.1, 0.15) is 0 Å². The van der Waals surface area contributed by atoms with Crippen LogP contribution in [0, 0.1) is 0 Å². The number of benzene rings is 1. The highest BCUT2D eigenvalue weighted by atomic mass is 35.5. The van der Waals surface area contributed by atoms with Crippen molar-refractivity contribution in [3.05, 3.63) is 65.9 Å². The number of carbonyl (C=O) groups excluding carboxylic acids is 1. The van der Waals surface area contributed by atoms with Crippen molar-refractivity contribution in [2.24, 2.45) is 0 Å². The molecule has 25 heavy (non-hydrogen) atoms. The number of urea groups is 1. The first-order valence-corrected chi connectivity index (χ1v) is 8.10. The molecule has 0 saturated heterocycles. The van der Waals surface area contributed by atoms with Crippen molar-refractivity contribution < 1.29 is 4.79 Å². The molecule has 2 aromatic heterocycles. The minimum atomic E-state index is -0.279. The summed E-state index contributed by atoms with van der Waals surface area (Å²) in [5.41, 5.74) is 0.682. The largest absolute Gasteiger partial charge is 0.367 e. The second kappa shape index (κ2) is 8.16. The molecule has 7 nitrogen and oxygen atoms in total. The number of amides is 2. The van der Waals surface area contributed by atoms with E-state index in [0.717, 1.165) is 5.82 Å². The van der Waals surface area contributed by atoms with Crippen LogP contribution in [0.2, 0.25) is 5.02 Å². The second-order valence-electron chi connectivity index (χ2n) is 5.18. The van der Waals surface area contributed by atoms with Gasteiger partial charge in [0.1, 0.15) is 5.82 Å². The Morgan fingerprint density at radius 1 is 1.00 bits per heavy atom. The number of halogens is 1. The zero-order chi connectivity index (χ0) is 17.5. The number of hydrogen-bond donors (Lipinski definition) is 3. The van der Waals surface area contributed by atoms with Crippen LogP contribution < -0.4 is 16.0 Å². The molecule has 2 amide bonds. The van der Waals surface area contributed by atoms with Crippen molar-refractivity contribution in [1.29, 1.82) is 0 Å². The maximum Gasteiger partial charge on any atom is 0.319 e. The van der Waals surface area contributed by atoms with E-state index >= 15 is 0 Å². The van der Waals surface area contributed by atoms with Gasteiger partial charge in [-0.1, -0.05) is 11.6 Å². The van der Waals surface area contributed by atoms with Crippen LogP contribution in [0.5, 0.6) is 0 Å². The lowest BCUT2D eigenvalue weighted by Crippen LogP contribution is -2.32. The number of nitrogens with zero attached hydrogens (tertiary/aromatic N) is 3. The van der Waals surface area contributed by atoms with Gasteiger partial charge in [-0.25, -0.2) is 4.79 Å². The number of anilines is 2. The molecule has 0 aliphatic rings. The van der Waals surface area contributed by atoms with Crippen molar-refractivity contribution in [2.75, 3.05) is 23.7 Å². The molecule has 0 aliphatic carbocycles. The van der Waals surface area contributed by atoms with Crippen LogP contribution in [0.15, 0.2) is 60.9 Å². The first-order chi connectivity index (χ1) is 12.2. The Bertz CT molecular complexity index is 802. The summed E-state index contributed by atoms with van der Waals surface area (Å²) in [6, 6.07) is 14.2. The number of aromatic nitrogens is 3. The van der Waals surface area contributed by atoms with E-state index in [9.17, 15) is 4.79 Å². The Kier molecular flexibility index (Phi) is 5.48. The van der Waals surface area contributed by atoms with Crippen molar-refractivity contribution >= 4 is 29.1 Å². The lowest BCUT2D eigenvalue weighted by molar-refractivity contribution is 0.252. The zero-order valence-corrected chi connectivity index (χ0v) is 14.1. The van der Waals surface area contributed by atoms with Crippen LogP contribution in [-0.2, 0) is 0 Å². The van der Waals surface area contributed by atoms with Gasteiger partial charge in [-0.15, -0.1) is 10.2 Å². The van der Waals surface area contributed by atoms with E-state index in [0.29, 0.717) is 29.6 Å². The molecular formula is C17H17ClN6O. The predicted octanol–water partition coefficient (Wildman–Crippen LogP) is 3.15. The molecule has 0 unspecified atom stereocenters. The maximum atomic E-state index is 11.8. The molecule has 0 fully saturated rings. The molecule has 0 bridgehead atoms. The molecule has 3 aromatic rings. The number of hydrogen-bond acceptors (Lipinski definition) is 4. The first-order valence-electron chi connectivity index (χ1n) is 7.72. The molecule has 0 spiro atoms.